The zero-order chi connectivity index (χ0) is 22.9. The van der Waals surface area contributed by atoms with E-state index in [0.29, 0.717) is 29.9 Å². The van der Waals surface area contributed by atoms with Gasteiger partial charge in [-0.2, -0.15) is 0 Å². The lowest BCUT2D eigenvalue weighted by Crippen LogP contribution is -2.39. The van der Waals surface area contributed by atoms with Gasteiger partial charge in [0.15, 0.2) is 5.78 Å². The van der Waals surface area contributed by atoms with Crippen LogP contribution in [-0.2, 0) is 20.9 Å². The highest BCUT2D eigenvalue weighted by molar-refractivity contribution is 6.09. The van der Waals surface area contributed by atoms with E-state index in [0.717, 1.165) is 16.8 Å². The monoisotopic (exact) mass is 431 g/mol. The highest BCUT2D eigenvalue weighted by Crippen LogP contribution is 2.49. The molecule has 0 bridgehead atoms. The van der Waals surface area contributed by atoms with Crippen LogP contribution in [0, 0.1) is 11.3 Å². The summed E-state index contributed by atoms with van der Waals surface area (Å²) < 4.78 is 11.3. The van der Waals surface area contributed by atoms with E-state index < -0.39 is 11.8 Å². The lowest BCUT2D eigenvalue weighted by atomic mass is 9.66. The quantitative estimate of drug-likeness (QED) is 0.606. The van der Waals surface area contributed by atoms with E-state index in [1.54, 1.807) is 7.11 Å². The molecule has 32 heavy (non-hydrogen) atoms. The summed E-state index contributed by atoms with van der Waals surface area (Å²) in [6.45, 7) is 6.19. The van der Waals surface area contributed by atoms with Crippen molar-refractivity contribution in [3.63, 3.8) is 0 Å². The number of aliphatic imine (C=N–C) groups is 1. The van der Waals surface area contributed by atoms with Crippen molar-refractivity contribution in [1.29, 1.82) is 0 Å². The second kappa shape index (κ2) is 8.73. The molecule has 2 aromatic rings. The number of methoxy groups -OCH3 is 1. The van der Waals surface area contributed by atoms with Gasteiger partial charge in [-0.15, -0.1) is 0 Å². The molecule has 0 amide bonds. The molecule has 0 saturated carbocycles. The highest BCUT2D eigenvalue weighted by Gasteiger charge is 2.46. The molecule has 166 valence electrons. The first-order chi connectivity index (χ1) is 15.3. The molecule has 2 aromatic carbocycles. The summed E-state index contributed by atoms with van der Waals surface area (Å²) in [4.78, 5) is 31.5. The van der Waals surface area contributed by atoms with Crippen molar-refractivity contribution in [2.45, 2.75) is 46.1 Å². The van der Waals surface area contributed by atoms with E-state index in [4.69, 9.17) is 14.5 Å². The number of ether oxygens (including phenoxy) is 2. The lowest BCUT2D eigenvalue weighted by Gasteiger charge is -2.39. The Kier molecular flexibility index (Phi) is 6.00. The summed E-state index contributed by atoms with van der Waals surface area (Å²) in [7, 11) is 1.60. The third-order valence-electron chi connectivity index (χ3n) is 6.25. The third kappa shape index (κ3) is 4.24. The average molecular weight is 432 g/mol. The number of carbonyl (C=O) groups excluding carboxylic acids is 2. The van der Waals surface area contributed by atoms with Gasteiger partial charge in [0.2, 0.25) is 0 Å². The van der Waals surface area contributed by atoms with Crippen molar-refractivity contribution in [1.82, 2.24) is 0 Å². The molecule has 0 saturated heterocycles. The number of hydrogen-bond donors (Lipinski definition) is 0. The predicted molar refractivity (Wildman–Crippen MR) is 124 cm³/mol. The molecule has 0 aromatic heterocycles. The number of para-hydroxylation sites is 1. The Morgan fingerprint density at radius 3 is 2.47 bits per heavy atom. The summed E-state index contributed by atoms with van der Waals surface area (Å²) in [5.74, 6) is -0.846. The minimum Gasteiger partial charge on any atom is -0.496 e. The van der Waals surface area contributed by atoms with Gasteiger partial charge in [0.05, 0.1) is 7.11 Å². The van der Waals surface area contributed by atoms with Crippen LogP contribution in [0.5, 0.6) is 5.75 Å². The van der Waals surface area contributed by atoms with Gasteiger partial charge >= 0.3 is 5.97 Å². The summed E-state index contributed by atoms with van der Waals surface area (Å²) in [5, 5.41) is 0. The molecule has 0 fully saturated rings. The minimum atomic E-state index is -0.682. The Balaban J connectivity index is 1.77. The zero-order valence-electron chi connectivity index (χ0n) is 19.1. The molecule has 0 N–H and O–H groups in total. The van der Waals surface area contributed by atoms with Crippen LogP contribution in [0.15, 0.2) is 70.9 Å². The number of benzene rings is 2. The molecule has 1 aliphatic heterocycles. The van der Waals surface area contributed by atoms with Crippen molar-refractivity contribution in [2.24, 2.45) is 16.3 Å². The van der Waals surface area contributed by atoms with Crippen molar-refractivity contribution in [3.8, 4) is 5.75 Å². The number of nitrogens with zero attached hydrogens (tertiary/aromatic N) is 1. The van der Waals surface area contributed by atoms with E-state index in [-0.39, 0.29) is 23.8 Å². The molecule has 5 nitrogen and oxygen atoms in total. The molecular weight excluding hydrogens is 402 g/mol. The minimum absolute atomic E-state index is 0.0456. The van der Waals surface area contributed by atoms with Gasteiger partial charge in [-0.3, -0.25) is 14.6 Å². The Morgan fingerprint density at radius 1 is 1.06 bits per heavy atom. The number of esters is 1. The highest BCUT2D eigenvalue weighted by atomic mass is 16.5. The van der Waals surface area contributed by atoms with Gasteiger partial charge in [0.1, 0.15) is 18.3 Å². The summed E-state index contributed by atoms with van der Waals surface area (Å²) in [5.41, 5.74) is 3.64. The lowest BCUT2D eigenvalue weighted by molar-refractivity contribution is -0.148. The fourth-order valence-corrected chi connectivity index (χ4v) is 4.83. The average Bonchev–Trinajstić information content (AvgIpc) is 2.76. The fraction of sp³-hybridized carbons (Fsp3) is 0.370. The van der Waals surface area contributed by atoms with Crippen LogP contribution in [0.25, 0.3) is 0 Å². The van der Waals surface area contributed by atoms with E-state index in [1.165, 1.54) is 0 Å². The Labute approximate surface area is 189 Å². The van der Waals surface area contributed by atoms with Crippen LogP contribution in [0.4, 0.5) is 0 Å². The molecule has 0 spiro atoms. The van der Waals surface area contributed by atoms with Crippen molar-refractivity contribution < 1.29 is 19.1 Å². The SMILES string of the molecule is COc1ccccc1[C@@H]1C2=C(CC(C)(C)CC2=O)N=C(C)C1C(=O)OCc1ccccc1. The molecule has 1 aliphatic carbocycles. The molecular formula is C27H29NO4. The van der Waals surface area contributed by atoms with Gasteiger partial charge in [-0.05, 0) is 30.4 Å². The first-order valence-corrected chi connectivity index (χ1v) is 11.0. The van der Waals surface area contributed by atoms with Gasteiger partial charge in [-0.1, -0.05) is 62.4 Å². The van der Waals surface area contributed by atoms with Crippen molar-refractivity contribution >= 4 is 17.5 Å². The number of Topliss-reactive ketones (excluding diaryl/α,β-unsaturated/α-hetero) is 1. The maximum atomic E-state index is 13.4. The second-order valence-corrected chi connectivity index (χ2v) is 9.35. The molecule has 0 radical (unpaired) electrons. The summed E-state index contributed by atoms with van der Waals surface area (Å²) in [6.07, 6.45) is 1.13. The molecule has 2 aliphatic rings. The second-order valence-electron chi connectivity index (χ2n) is 9.35. The first-order valence-electron chi connectivity index (χ1n) is 11.0. The standard InChI is InChI=1S/C27H29NO4/c1-17-23(26(30)32-16-18-10-6-5-7-11-18)24(19-12-8-9-13-22(19)31-4)25-20(28-17)14-27(2,3)15-21(25)29/h5-13,23-24H,14-16H2,1-4H3/t23?,24-/m0/s1. The van der Waals surface area contributed by atoms with Crippen molar-refractivity contribution in [3.05, 3.63) is 77.0 Å². The summed E-state index contributed by atoms with van der Waals surface area (Å²) in [6, 6.07) is 17.2. The molecule has 4 rings (SSSR count). The van der Waals surface area contributed by atoms with Gasteiger partial charge in [0, 0.05) is 34.9 Å². The Hall–Kier alpha value is -3.21. The van der Waals surface area contributed by atoms with Gasteiger partial charge < -0.3 is 9.47 Å². The smallest absolute Gasteiger partial charge is 0.315 e. The van der Waals surface area contributed by atoms with Crippen LogP contribution in [-0.4, -0.2) is 24.6 Å². The van der Waals surface area contributed by atoms with Gasteiger partial charge in [0.25, 0.3) is 0 Å². The third-order valence-corrected chi connectivity index (χ3v) is 6.25. The number of carbonyl (C=O) groups is 2. The maximum absolute atomic E-state index is 13.4. The van der Waals surface area contributed by atoms with Crippen LogP contribution in [0.1, 0.15) is 50.7 Å². The van der Waals surface area contributed by atoms with Crippen LogP contribution in [0.2, 0.25) is 0 Å². The van der Waals surface area contributed by atoms with Crippen LogP contribution in [0.3, 0.4) is 0 Å². The van der Waals surface area contributed by atoms with E-state index in [2.05, 4.69) is 13.8 Å². The number of hydrogen-bond acceptors (Lipinski definition) is 5. The van der Waals surface area contributed by atoms with E-state index in [1.807, 2.05) is 61.5 Å². The van der Waals surface area contributed by atoms with Crippen LogP contribution < -0.4 is 4.74 Å². The number of ketones is 1. The molecule has 5 heteroatoms. The van der Waals surface area contributed by atoms with E-state index >= 15 is 0 Å². The van der Waals surface area contributed by atoms with Gasteiger partial charge in [-0.25, -0.2) is 0 Å². The number of rotatable bonds is 5. The molecule has 1 unspecified atom stereocenters. The largest absolute Gasteiger partial charge is 0.496 e. The van der Waals surface area contributed by atoms with Crippen LogP contribution >= 0.6 is 0 Å². The maximum Gasteiger partial charge on any atom is 0.315 e. The van der Waals surface area contributed by atoms with Crippen molar-refractivity contribution in [2.75, 3.05) is 7.11 Å². The first kappa shape index (κ1) is 22.0. The normalized spacial score (nSPS) is 22.1. The Bertz CT molecular complexity index is 1100. The predicted octanol–water partition coefficient (Wildman–Crippen LogP) is 5.26. The fourth-order valence-electron chi connectivity index (χ4n) is 4.83. The summed E-state index contributed by atoms with van der Waals surface area (Å²) >= 11 is 0. The topological polar surface area (TPSA) is 65.0 Å². The molecule has 1 heterocycles. The molecule has 2 atom stereocenters. The Morgan fingerprint density at radius 2 is 1.75 bits per heavy atom. The van der Waals surface area contributed by atoms with E-state index in [9.17, 15) is 9.59 Å². The zero-order valence-corrected chi connectivity index (χ0v) is 19.1. The number of allylic oxidation sites excluding steroid dienone is 2.